The van der Waals surface area contributed by atoms with Crippen molar-refractivity contribution in [2.75, 3.05) is 39.2 Å². The van der Waals surface area contributed by atoms with Crippen molar-refractivity contribution in [3.05, 3.63) is 0 Å². The molecular weight excluding hydrogens is 278 g/mol. The van der Waals surface area contributed by atoms with E-state index in [1.807, 2.05) is 6.92 Å². The van der Waals surface area contributed by atoms with Crippen LogP contribution >= 0.6 is 34.2 Å². The Labute approximate surface area is 117 Å². The third kappa shape index (κ3) is 12.8. The number of nitrogens with one attached hydrogen (secondary N) is 1. The highest BCUT2D eigenvalue weighted by atomic mass is 33.1. The molecular formula is C10H23NO3S3. The lowest BCUT2D eigenvalue weighted by molar-refractivity contribution is -0.115. The molecule has 104 valence electrons. The quantitative estimate of drug-likeness (QED) is 0.212. The Kier molecular flexibility index (Phi) is 12.1. The lowest BCUT2D eigenvalue weighted by Crippen LogP contribution is -2.23. The second-order valence-corrected chi connectivity index (χ2v) is 7.69. The van der Waals surface area contributed by atoms with Crippen LogP contribution in [0.3, 0.4) is 0 Å². The van der Waals surface area contributed by atoms with Crippen LogP contribution in [0.1, 0.15) is 13.3 Å². The van der Waals surface area contributed by atoms with Crippen LogP contribution in [-0.4, -0.2) is 49.7 Å². The maximum atomic E-state index is 11.2. The largest absolute Gasteiger partial charge is 0.379 e. The van der Waals surface area contributed by atoms with Crippen molar-refractivity contribution in [3.63, 3.8) is 0 Å². The first-order valence-corrected chi connectivity index (χ1v) is 9.02. The van der Waals surface area contributed by atoms with E-state index < -0.39 is 9.93 Å². The highest BCUT2D eigenvalue weighted by molar-refractivity contribution is 8.84. The van der Waals surface area contributed by atoms with Gasteiger partial charge in [-0.2, -0.15) is 12.6 Å². The summed E-state index contributed by atoms with van der Waals surface area (Å²) in [6, 6.07) is 0. The molecule has 2 atom stereocenters. The first-order valence-electron chi connectivity index (χ1n) is 5.56. The van der Waals surface area contributed by atoms with E-state index in [4.69, 9.17) is 9.47 Å². The number of ether oxygens (including phenoxy) is 2. The van der Waals surface area contributed by atoms with Crippen molar-refractivity contribution in [2.24, 2.45) is 0 Å². The second kappa shape index (κ2) is 11.7. The van der Waals surface area contributed by atoms with Crippen molar-refractivity contribution in [3.8, 4) is 0 Å². The molecule has 7 heteroatoms. The smallest absolute Gasteiger partial charge is 0.203 e. The lowest BCUT2D eigenvalue weighted by atomic mass is 10.4. The molecule has 1 unspecified atom stereocenters. The van der Waals surface area contributed by atoms with Gasteiger partial charge in [-0.25, -0.2) is 0 Å². The van der Waals surface area contributed by atoms with Crippen LogP contribution in [0.4, 0.5) is 0 Å². The van der Waals surface area contributed by atoms with Crippen LogP contribution in [0.15, 0.2) is 0 Å². The fourth-order valence-electron chi connectivity index (χ4n) is 0.958. The van der Waals surface area contributed by atoms with E-state index in [2.05, 4.69) is 29.6 Å². The zero-order valence-corrected chi connectivity index (χ0v) is 13.1. The summed E-state index contributed by atoms with van der Waals surface area (Å²) in [5.41, 5.74) is 0. The molecule has 0 saturated carbocycles. The maximum absolute atomic E-state index is 11.2. The molecule has 0 aromatic carbocycles. The molecule has 0 spiro atoms. The Hall–Kier alpha value is 0.600. The van der Waals surface area contributed by atoms with Gasteiger partial charge in [-0.1, -0.05) is 0 Å². The predicted molar refractivity (Wildman–Crippen MR) is 81.6 cm³/mol. The summed E-state index contributed by atoms with van der Waals surface area (Å²) in [5, 5.41) is 3.46. The Bertz CT molecular complexity index is 203. The van der Waals surface area contributed by atoms with Gasteiger partial charge in [0.05, 0.1) is 13.2 Å². The topological polar surface area (TPSA) is 47.6 Å². The van der Waals surface area contributed by atoms with E-state index in [0.717, 1.165) is 13.0 Å². The molecule has 0 bridgehead atoms. The van der Waals surface area contributed by atoms with Gasteiger partial charge in [0.1, 0.15) is 6.61 Å². The van der Waals surface area contributed by atoms with E-state index >= 15 is 0 Å². The van der Waals surface area contributed by atoms with E-state index in [1.165, 1.54) is 0 Å². The summed E-state index contributed by atoms with van der Waals surface area (Å²) in [5.74, 6) is 0. The zero-order valence-electron chi connectivity index (χ0n) is 10.4. The van der Waals surface area contributed by atoms with Crippen LogP contribution in [-0.2, 0) is 14.3 Å². The van der Waals surface area contributed by atoms with Gasteiger partial charge in [0.2, 0.25) is 5.12 Å². The predicted octanol–water partition coefficient (Wildman–Crippen LogP) is 1.28. The van der Waals surface area contributed by atoms with Gasteiger partial charge in [-0.3, -0.25) is 4.79 Å². The second-order valence-electron chi connectivity index (χ2n) is 3.57. The van der Waals surface area contributed by atoms with Crippen molar-refractivity contribution in [2.45, 2.75) is 18.7 Å². The van der Waals surface area contributed by atoms with Crippen LogP contribution in [0.25, 0.3) is 0 Å². The lowest BCUT2D eigenvalue weighted by Gasteiger charge is -2.09. The minimum absolute atomic E-state index is 0.0651. The van der Waals surface area contributed by atoms with Crippen LogP contribution in [0.5, 0.6) is 0 Å². The summed E-state index contributed by atoms with van der Waals surface area (Å²) in [7, 11) is -0.826. The van der Waals surface area contributed by atoms with Gasteiger partial charge in [0.25, 0.3) is 0 Å². The first kappa shape index (κ1) is 17.6. The third-order valence-electron chi connectivity index (χ3n) is 1.86. The number of hydrogen-bond donors (Lipinski definition) is 4. The molecule has 17 heavy (non-hydrogen) atoms. The molecule has 0 aliphatic carbocycles. The zero-order chi connectivity index (χ0) is 13.1. The molecule has 0 aromatic rings. The molecule has 0 aromatic heterocycles. The minimum atomic E-state index is -0.826. The van der Waals surface area contributed by atoms with E-state index in [0.29, 0.717) is 19.8 Å². The highest BCUT2D eigenvalue weighted by Crippen LogP contribution is 2.25. The number of carbonyl (C=O) groups is 1. The molecule has 0 radical (unpaired) electrons. The van der Waals surface area contributed by atoms with Crippen molar-refractivity contribution >= 4 is 39.3 Å². The molecule has 0 aliphatic rings. The summed E-state index contributed by atoms with van der Waals surface area (Å²) in [6.45, 7) is 4.70. The average Bonchev–Trinajstić information content (AvgIpc) is 2.25. The van der Waals surface area contributed by atoms with Crippen LogP contribution < -0.4 is 5.32 Å². The number of thiol groups is 3. The monoisotopic (exact) mass is 301 g/mol. The summed E-state index contributed by atoms with van der Waals surface area (Å²) >= 11 is 8.28. The van der Waals surface area contributed by atoms with Crippen molar-refractivity contribution in [1.29, 1.82) is 0 Å². The Morgan fingerprint density at radius 1 is 1.35 bits per heavy atom. The standard InChI is InChI=1S/C10H23NO3S3/c1-9(15)11-4-3-5-13-6-7-14-8-10(12)17(2)16/h9,11,15-17H,3-8H2,1-2H3/t9-/m0/s1. The van der Waals surface area contributed by atoms with Crippen molar-refractivity contribution in [1.82, 2.24) is 5.32 Å². The number of hydrogen-bond acceptors (Lipinski definition) is 6. The fourth-order valence-corrected chi connectivity index (χ4v) is 1.54. The summed E-state index contributed by atoms with van der Waals surface area (Å²) in [6.07, 6.45) is 2.75. The SMILES string of the molecule is C[C@H](S)NCCCOCCOCC(=O)[SH](C)S. The molecule has 0 fully saturated rings. The van der Waals surface area contributed by atoms with E-state index in [1.54, 1.807) is 6.26 Å². The molecule has 0 amide bonds. The normalized spacial score (nSPS) is 15.6. The van der Waals surface area contributed by atoms with Gasteiger partial charge in [-0.05, 0) is 26.1 Å². The molecule has 4 nitrogen and oxygen atoms in total. The maximum Gasteiger partial charge on any atom is 0.203 e. The molecule has 1 N–H and O–H groups in total. The first-order chi connectivity index (χ1) is 8.04. The van der Waals surface area contributed by atoms with Crippen molar-refractivity contribution < 1.29 is 14.3 Å². The number of rotatable bonds is 10. The summed E-state index contributed by atoms with van der Waals surface area (Å²) < 4.78 is 10.5. The molecule has 0 heterocycles. The molecule has 0 saturated heterocycles. The van der Waals surface area contributed by atoms with Gasteiger partial charge < -0.3 is 14.8 Å². The fraction of sp³-hybridized carbons (Fsp3) is 0.900. The van der Waals surface area contributed by atoms with Gasteiger partial charge in [0.15, 0.2) is 0 Å². The molecule has 0 aliphatic heterocycles. The van der Waals surface area contributed by atoms with Gasteiger partial charge >= 0.3 is 0 Å². The van der Waals surface area contributed by atoms with Crippen LogP contribution in [0, 0.1) is 0 Å². The number of carbonyl (C=O) groups excluding carboxylic acids is 1. The third-order valence-corrected chi connectivity index (χ3v) is 3.57. The van der Waals surface area contributed by atoms with Gasteiger partial charge in [0, 0.05) is 12.0 Å². The van der Waals surface area contributed by atoms with E-state index in [9.17, 15) is 4.79 Å². The van der Waals surface area contributed by atoms with Crippen LogP contribution in [0.2, 0.25) is 0 Å². The minimum Gasteiger partial charge on any atom is -0.379 e. The average molecular weight is 301 g/mol. The van der Waals surface area contributed by atoms with Gasteiger partial charge in [-0.15, -0.1) is 21.6 Å². The molecule has 0 rings (SSSR count). The van der Waals surface area contributed by atoms with E-state index in [-0.39, 0.29) is 17.1 Å². The highest BCUT2D eigenvalue weighted by Gasteiger charge is 2.03. The Morgan fingerprint density at radius 2 is 2.00 bits per heavy atom. The Balaban J connectivity index is 3.11. The summed E-state index contributed by atoms with van der Waals surface area (Å²) in [4.78, 5) is 11.2. The Morgan fingerprint density at radius 3 is 2.59 bits per heavy atom.